The molecule has 3 N–H and O–H groups in total. The number of imide groups is 1. The second-order valence-corrected chi connectivity index (χ2v) is 8.28. The van der Waals surface area contributed by atoms with Crippen LogP contribution >= 0.6 is 0 Å². The molecule has 0 saturated carbocycles. The molecule has 2 fully saturated rings. The summed E-state index contributed by atoms with van der Waals surface area (Å²) in [4.78, 5) is 37.8. The molecule has 4 rings (SSSR count). The number of carbonyl (C=O) groups is 3. The lowest BCUT2D eigenvalue weighted by molar-refractivity contribution is -0.136. The third-order valence-electron chi connectivity index (χ3n) is 6.22. The van der Waals surface area contributed by atoms with Crippen LogP contribution in [0.1, 0.15) is 47.2 Å². The number of carbonyl (C=O) groups excluding carboxylic acids is 3. The fourth-order valence-corrected chi connectivity index (χ4v) is 4.46. The van der Waals surface area contributed by atoms with Gasteiger partial charge in [-0.05, 0) is 49.5 Å². The van der Waals surface area contributed by atoms with E-state index in [1.54, 1.807) is 6.07 Å². The van der Waals surface area contributed by atoms with Gasteiger partial charge in [-0.2, -0.15) is 0 Å². The van der Waals surface area contributed by atoms with Gasteiger partial charge in [0.15, 0.2) is 0 Å². The Kier molecular flexibility index (Phi) is 5.84. The molecule has 30 heavy (non-hydrogen) atoms. The van der Waals surface area contributed by atoms with Crippen molar-refractivity contribution in [3.05, 3.63) is 34.9 Å². The van der Waals surface area contributed by atoms with Crippen LogP contribution in [0.15, 0.2) is 18.2 Å². The summed E-state index contributed by atoms with van der Waals surface area (Å²) < 4.78 is 27.7. The van der Waals surface area contributed by atoms with Gasteiger partial charge in [0.2, 0.25) is 11.8 Å². The van der Waals surface area contributed by atoms with Gasteiger partial charge in [0.05, 0.1) is 6.54 Å². The van der Waals surface area contributed by atoms with Crippen molar-refractivity contribution in [2.45, 2.75) is 50.7 Å². The molecule has 2 atom stereocenters. The molecule has 3 aliphatic rings. The van der Waals surface area contributed by atoms with Crippen LogP contribution in [0.3, 0.4) is 0 Å². The van der Waals surface area contributed by atoms with Crippen molar-refractivity contribution < 1.29 is 23.2 Å². The minimum atomic E-state index is -2.67. The van der Waals surface area contributed by atoms with Crippen LogP contribution in [-0.4, -0.2) is 54.2 Å². The highest BCUT2D eigenvalue weighted by Crippen LogP contribution is 2.32. The van der Waals surface area contributed by atoms with Crippen LogP contribution in [0.5, 0.6) is 0 Å². The summed E-state index contributed by atoms with van der Waals surface area (Å²) in [7, 11) is 0. The first-order valence-corrected chi connectivity index (χ1v) is 10.4. The van der Waals surface area contributed by atoms with E-state index in [0.29, 0.717) is 51.0 Å². The minimum Gasteiger partial charge on any atom is -0.322 e. The summed E-state index contributed by atoms with van der Waals surface area (Å²) in [5.74, 6) is -4.23. The monoisotopic (exact) mass is 420 g/mol. The van der Waals surface area contributed by atoms with Gasteiger partial charge in [0.1, 0.15) is 6.04 Å². The molecule has 0 aliphatic carbocycles. The second-order valence-electron chi connectivity index (χ2n) is 8.28. The van der Waals surface area contributed by atoms with Gasteiger partial charge in [-0.15, -0.1) is 0 Å². The van der Waals surface area contributed by atoms with E-state index in [-0.39, 0.29) is 24.8 Å². The van der Waals surface area contributed by atoms with E-state index in [1.807, 2.05) is 12.1 Å². The zero-order valence-electron chi connectivity index (χ0n) is 16.7. The Morgan fingerprint density at radius 2 is 2.03 bits per heavy atom. The number of rotatable bonds is 6. The molecule has 3 aliphatic heterocycles. The van der Waals surface area contributed by atoms with Gasteiger partial charge >= 0.3 is 0 Å². The number of piperidine rings is 2. The number of nitrogens with one attached hydrogen (secondary N) is 3. The maximum Gasteiger partial charge on any atom is 0.263 e. The van der Waals surface area contributed by atoms with Gasteiger partial charge in [0, 0.05) is 31.0 Å². The number of amides is 3. The Balaban J connectivity index is 1.32. The van der Waals surface area contributed by atoms with Crippen molar-refractivity contribution in [1.29, 1.82) is 0 Å². The normalized spacial score (nSPS) is 25.9. The number of hydrogen-bond acceptors (Lipinski definition) is 5. The molecule has 0 radical (unpaired) electrons. The third kappa shape index (κ3) is 4.22. The molecular formula is C21H26F2N4O3. The van der Waals surface area contributed by atoms with Gasteiger partial charge in [-0.1, -0.05) is 12.1 Å². The first-order valence-electron chi connectivity index (χ1n) is 10.4. The number of fused-ring (bicyclic) bond motifs is 1. The van der Waals surface area contributed by atoms with Crippen LogP contribution in [0.25, 0.3) is 0 Å². The van der Waals surface area contributed by atoms with E-state index in [0.717, 1.165) is 11.1 Å². The molecule has 3 amide bonds. The minimum absolute atomic E-state index is 0.212. The highest BCUT2D eigenvalue weighted by atomic mass is 19.3. The molecule has 0 spiro atoms. The van der Waals surface area contributed by atoms with Gasteiger partial charge in [-0.3, -0.25) is 19.7 Å². The number of nitrogens with zero attached hydrogens (tertiary/aromatic N) is 1. The van der Waals surface area contributed by atoms with E-state index in [4.69, 9.17) is 0 Å². The first kappa shape index (κ1) is 20.9. The number of halogens is 2. The molecule has 9 heteroatoms. The Morgan fingerprint density at radius 1 is 1.20 bits per heavy atom. The fraction of sp³-hybridized carbons (Fsp3) is 0.571. The smallest absolute Gasteiger partial charge is 0.263 e. The van der Waals surface area contributed by atoms with E-state index in [2.05, 4.69) is 16.0 Å². The molecule has 162 valence electrons. The van der Waals surface area contributed by atoms with Gasteiger partial charge in [0.25, 0.3) is 11.8 Å². The first-order chi connectivity index (χ1) is 14.3. The number of hydrogen-bond donors (Lipinski definition) is 3. The van der Waals surface area contributed by atoms with Gasteiger partial charge in [-0.25, -0.2) is 8.78 Å². The predicted molar refractivity (Wildman–Crippen MR) is 105 cm³/mol. The Hall–Kier alpha value is -2.39. The lowest BCUT2D eigenvalue weighted by Crippen LogP contribution is -2.52. The average molecular weight is 420 g/mol. The van der Waals surface area contributed by atoms with Crippen LogP contribution in [0, 0.1) is 5.92 Å². The second kappa shape index (κ2) is 8.39. The van der Waals surface area contributed by atoms with Crippen LogP contribution in [0.4, 0.5) is 8.78 Å². The molecule has 0 bridgehead atoms. The SMILES string of the molecule is O=C1CCC(N2Cc3ccc(CNCCC4CCNCC4(F)F)cc3C2=O)C(=O)N1. The summed E-state index contributed by atoms with van der Waals surface area (Å²) in [6, 6.07) is 4.95. The molecule has 2 unspecified atom stereocenters. The number of benzene rings is 1. The lowest BCUT2D eigenvalue weighted by Gasteiger charge is -2.31. The quantitative estimate of drug-likeness (QED) is 0.475. The number of alkyl halides is 2. The zero-order chi connectivity index (χ0) is 21.3. The molecule has 0 aromatic heterocycles. The third-order valence-corrected chi connectivity index (χ3v) is 6.22. The van der Waals surface area contributed by atoms with Crippen molar-refractivity contribution in [2.24, 2.45) is 5.92 Å². The van der Waals surface area contributed by atoms with E-state index in [9.17, 15) is 23.2 Å². The fourth-order valence-electron chi connectivity index (χ4n) is 4.46. The van der Waals surface area contributed by atoms with Crippen molar-refractivity contribution in [2.75, 3.05) is 19.6 Å². The summed E-state index contributed by atoms with van der Waals surface area (Å²) >= 11 is 0. The van der Waals surface area contributed by atoms with E-state index >= 15 is 0 Å². The summed E-state index contributed by atoms with van der Waals surface area (Å²) in [5, 5.41) is 8.23. The highest BCUT2D eigenvalue weighted by molar-refractivity contribution is 6.05. The largest absolute Gasteiger partial charge is 0.322 e. The maximum atomic E-state index is 13.9. The lowest BCUT2D eigenvalue weighted by atomic mass is 9.91. The van der Waals surface area contributed by atoms with Crippen LogP contribution < -0.4 is 16.0 Å². The summed E-state index contributed by atoms with van der Waals surface area (Å²) in [6.07, 6.45) is 1.43. The van der Waals surface area contributed by atoms with Crippen molar-refractivity contribution in [3.8, 4) is 0 Å². The van der Waals surface area contributed by atoms with E-state index in [1.165, 1.54) is 4.90 Å². The van der Waals surface area contributed by atoms with E-state index < -0.39 is 23.8 Å². The maximum absolute atomic E-state index is 13.9. The van der Waals surface area contributed by atoms with Crippen LogP contribution in [-0.2, 0) is 22.7 Å². The summed E-state index contributed by atoms with van der Waals surface area (Å²) in [6.45, 7) is 1.67. The molecule has 1 aromatic rings. The average Bonchev–Trinajstić information content (AvgIpc) is 3.02. The topological polar surface area (TPSA) is 90.5 Å². The Morgan fingerprint density at radius 3 is 2.80 bits per heavy atom. The highest BCUT2D eigenvalue weighted by Gasteiger charge is 2.41. The molecule has 1 aromatic carbocycles. The zero-order valence-corrected chi connectivity index (χ0v) is 16.7. The van der Waals surface area contributed by atoms with Crippen molar-refractivity contribution in [1.82, 2.24) is 20.9 Å². The van der Waals surface area contributed by atoms with Crippen LogP contribution in [0.2, 0.25) is 0 Å². The standard InChI is InChI=1S/C21H26F2N4O3/c22-21(23)12-25-8-6-15(21)5-7-24-10-13-1-2-14-11-27(20(30)16(14)9-13)17-3-4-18(28)26-19(17)29/h1-2,9,15,17,24-25H,3-8,10-12H2,(H,26,28,29). The van der Waals surface area contributed by atoms with Crippen molar-refractivity contribution in [3.63, 3.8) is 0 Å². The van der Waals surface area contributed by atoms with Gasteiger partial charge < -0.3 is 15.5 Å². The predicted octanol–water partition coefficient (Wildman–Crippen LogP) is 1.17. The summed E-state index contributed by atoms with van der Waals surface area (Å²) in [5.41, 5.74) is 2.30. The Bertz CT molecular complexity index is 861. The Labute approximate surface area is 173 Å². The molecule has 3 heterocycles. The molecule has 7 nitrogen and oxygen atoms in total. The van der Waals surface area contributed by atoms with Crippen molar-refractivity contribution >= 4 is 17.7 Å². The molecular weight excluding hydrogens is 394 g/mol. The molecule has 2 saturated heterocycles.